The highest BCUT2D eigenvalue weighted by Gasteiger charge is 2.54. The van der Waals surface area contributed by atoms with E-state index >= 15 is 0 Å². The van der Waals surface area contributed by atoms with Gasteiger partial charge in [0.1, 0.15) is 5.75 Å². The van der Waals surface area contributed by atoms with Gasteiger partial charge in [-0.05, 0) is 39.3 Å². The number of piperidine rings is 1. The van der Waals surface area contributed by atoms with Gasteiger partial charge in [0.25, 0.3) is 0 Å². The zero-order valence-corrected chi connectivity index (χ0v) is 13.0. The van der Waals surface area contributed by atoms with E-state index in [1.54, 1.807) is 0 Å². The first-order valence-corrected chi connectivity index (χ1v) is 7.87. The lowest BCUT2D eigenvalue weighted by Gasteiger charge is -2.54. The Morgan fingerprint density at radius 3 is 2.86 bits per heavy atom. The average Bonchev–Trinajstić information content (AvgIpc) is 2.50. The van der Waals surface area contributed by atoms with Crippen LogP contribution in [0.2, 0.25) is 0 Å². The molecule has 0 aliphatic carbocycles. The highest BCUT2D eigenvalue weighted by atomic mass is 16.5. The number of hydrogen-bond donors (Lipinski definition) is 2. The van der Waals surface area contributed by atoms with Crippen LogP contribution in [0.4, 0.5) is 0 Å². The Balaban J connectivity index is 2.05. The highest BCUT2D eigenvalue weighted by Crippen LogP contribution is 2.49. The number of rotatable bonds is 2. The zero-order chi connectivity index (χ0) is 15.1. The summed E-state index contributed by atoms with van der Waals surface area (Å²) in [5.74, 6) is 0.884. The normalized spacial score (nSPS) is 36.9. The molecule has 4 heteroatoms. The van der Waals surface area contributed by atoms with Gasteiger partial charge >= 0.3 is 0 Å². The molecule has 1 fully saturated rings. The number of para-hydroxylation sites is 1. The molecule has 3 rings (SSSR count). The van der Waals surface area contributed by atoms with E-state index in [1.807, 2.05) is 18.2 Å². The van der Waals surface area contributed by atoms with Crippen molar-refractivity contribution in [1.29, 1.82) is 0 Å². The Hall–Kier alpha value is -1.10. The first kappa shape index (κ1) is 14.8. The van der Waals surface area contributed by atoms with Crippen molar-refractivity contribution in [2.75, 3.05) is 26.7 Å². The molecule has 2 aliphatic heterocycles. The van der Waals surface area contributed by atoms with Gasteiger partial charge in [0.2, 0.25) is 0 Å². The molecule has 2 aliphatic rings. The maximum atomic E-state index is 11.5. The summed E-state index contributed by atoms with van der Waals surface area (Å²) in [6, 6.07) is 8.41. The molecule has 4 nitrogen and oxygen atoms in total. The van der Waals surface area contributed by atoms with Crippen molar-refractivity contribution in [3.05, 3.63) is 29.8 Å². The van der Waals surface area contributed by atoms with Crippen LogP contribution in [0.3, 0.4) is 0 Å². The predicted molar refractivity (Wildman–Crippen MR) is 83.6 cm³/mol. The van der Waals surface area contributed by atoms with Crippen LogP contribution in [0.1, 0.15) is 31.7 Å². The van der Waals surface area contributed by atoms with Crippen LogP contribution < -0.4 is 10.5 Å². The van der Waals surface area contributed by atoms with E-state index in [0.29, 0.717) is 19.2 Å². The third kappa shape index (κ3) is 2.17. The number of benzene rings is 1. The molecule has 0 spiro atoms. The van der Waals surface area contributed by atoms with Crippen molar-refractivity contribution in [3.63, 3.8) is 0 Å². The minimum absolute atomic E-state index is 0.363. The van der Waals surface area contributed by atoms with Crippen LogP contribution in [0, 0.1) is 0 Å². The summed E-state index contributed by atoms with van der Waals surface area (Å²) < 4.78 is 5.79. The van der Waals surface area contributed by atoms with Gasteiger partial charge in [-0.3, -0.25) is 0 Å². The molecule has 116 valence electrons. The second-order valence-corrected chi connectivity index (χ2v) is 6.70. The monoisotopic (exact) mass is 290 g/mol. The first-order chi connectivity index (χ1) is 10.0. The average molecular weight is 290 g/mol. The van der Waals surface area contributed by atoms with Gasteiger partial charge in [0.15, 0.2) is 0 Å². The lowest BCUT2D eigenvalue weighted by atomic mass is 9.60. The fourth-order valence-corrected chi connectivity index (χ4v) is 4.11. The predicted octanol–water partition coefficient (Wildman–Crippen LogP) is 1.51. The molecule has 3 atom stereocenters. The standard InChI is InChI=1S/C17H26N2O2/c1-13-11-17(20,7-9-19(13)2)16(12-18)8-10-21-15-6-4-3-5-14(15)16/h3-6,13,20H,7-12,18H2,1-2H3. The van der Waals surface area contributed by atoms with E-state index in [2.05, 4.69) is 24.9 Å². The number of nitrogens with two attached hydrogens (primary N) is 1. The summed E-state index contributed by atoms with van der Waals surface area (Å²) >= 11 is 0. The molecule has 3 unspecified atom stereocenters. The van der Waals surface area contributed by atoms with Gasteiger partial charge in [-0.15, -0.1) is 0 Å². The Labute approximate surface area is 126 Å². The van der Waals surface area contributed by atoms with E-state index in [0.717, 1.165) is 37.1 Å². The maximum absolute atomic E-state index is 11.5. The van der Waals surface area contributed by atoms with Gasteiger partial charge in [-0.25, -0.2) is 0 Å². The second kappa shape index (κ2) is 5.27. The molecule has 0 bridgehead atoms. The Kier molecular flexibility index (Phi) is 3.72. The smallest absolute Gasteiger partial charge is 0.123 e. The fraction of sp³-hybridized carbons (Fsp3) is 0.647. The van der Waals surface area contributed by atoms with Crippen molar-refractivity contribution < 1.29 is 9.84 Å². The molecule has 1 aromatic carbocycles. The van der Waals surface area contributed by atoms with Crippen LogP contribution in [-0.2, 0) is 5.41 Å². The molecule has 0 aromatic heterocycles. The first-order valence-electron chi connectivity index (χ1n) is 7.87. The molecule has 21 heavy (non-hydrogen) atoms. The molecule has 0 radical (unpaired) electrons. The van der Waals surface area contributed by atoms with Crippen LogP contribution in [0.5, 0.6) is 5.75 Å². The SMILES string of the molecule is CC1CC(O)(C2(CN)CCOc3ccccc32)CCN1C. The summed E-state index contributed by atoms with van der Waals surface area (Å²) in [5.41, 5.74) is 6.15. The molecular formula is C17H26N2O2. The van der Waals surface area contributed by atoms with Gasteiger partial charge in [0.05, 0.1) is 12.2 Å². The zero-order valence-electron chi connectivity index (χ0n) is 13.0. The van der Waals surface area contributed by atoms with E-state index in [4.69, 9.17) is 10.5 Å². The fourth-order valence-electron chi connectivity index (χ4n) is 4.11. The third-order valence-electron chi connectivity index (χ3n) is 5.69. The summed E-state index contributed by atoms with van der Waals surface area (Å²) in [5, 5.41) is 11.5. The van der Waals surface area contributed by atoms with E-state index in [-0.39, 0.29) is 0 Å². The molecule has 2 heterocycles. The van der Waals surface area contributed by atoms with E-state index in [9.17, 15) is 5.11 Å². The molecule has 0 amide bonds. The van der Waals surface area contributed by atoms with Crippen molar-refractivity contribution in [2.24, 2.45) is 5.73 Å². The van der Waals surface area contributed by atoms with Crippen LogP contribution in [-0.4, -0.2) is 48.4 Å². The van der Waals surface area contributed by atoms with Gasteiger partial charge < -0.3 is 20.5 Å². The molecule has 1 aromatic rings. The number of hydrogen-bond acceptors (Lipinski definition) is 4. The quantitative estimate of drug-likeness (QED) is 0.867. The highest BCUT2D eigenvalue weighted by molar-refractivity contribution is 5.44. The summed E-state index contributed by atoms with van der Waals surface area (Å²) in [4.78, 5) is 2.31. The summed E-state index contributed by atoms with van der Waals surface area (Å²) in [7, 11) is 2.12. The number of likely N-dealkylation sites (tertiary alicyclic amines) is 1. The minimum Gasteiger partial charge on any atom is -0.493 e. The number of fused-ring (bicyclic) bond motifs is 1. The van der Waals surface area contributed by atoms with Gasteiger partial charge in [0, 0.05) is 30.1 Å². The molecule has 3 N–H and O–H groups in total. The van der Waals surface area contributed by atoms with Crippen molar-refractivity contribution in [3.8, 4) is 5.75 Å². The maximum Gasteiger partial charge on any atom is 0.123 e. The van der Waals surface area contributed by atoms with E-state index < -0.39 is 11.0 Å². The van der Waals surface area contributed by atoms with Gasteiger partial charge in [-0.2, -0.15) is 0 Å². The molecular weight excluding hydrogens is 264 g/mol. The van der Waals surface area contributed by atoms with Crippen LogP contribution in [0.15, 0.2) is 24.3 Å². The van der Waals surface area contributed by atoms with E-state index in [1.165, 1.54) is 0 Å². The largest absolute Gasteiger partial charge is 0.493 e. The van der Waals surface area contributed by atoms with Crippen LogP contribution in [0.25, 0.3) is 0 Å². The lowest BCUT2D eigenvalue weighted by molar-refractivity contribution is -0.103. The topological polar surface area (TPSA) is 58.7 Å². The number of aliphatic hydroxyl groups is 1. The van der Waals surface area contributed by atoms with Crippen molar-refractivity contribution in [1.82, 2.24) is 4.90 Å². The molecule has 1 saturated heterocycles. The number of nitrogens with zero attached hydrogens (tertiary/aromatic N) is 1. The van der Waals surface area contributed by atoms with Crippen molar-refractivity contribution in [2.45, 2.75) is 43.2 Å². The summed E-state index contributed by atoms with van der Waals surface area (Å²) in [6.45, 7) is 4.17. The third-order valence-corrected chi connectivity index (χ3v) is 5.69. The Morgan fingerprint density at radius 2 is 2.14 bits per heavy atom. The lowest BCUT2D eigenvalue weighted by Crippen LogP contribution is -2.63. The minimum atomic E-state index is -0.756. The summed E-state index contributed by atoms with van der Waals surface area (Å²) in [6.07, 6.45) is 2.31. The number of ether oxygens (including phenoxy) is 1. The second-order valence-electron chi connectivity index (χ2n) is 6.70. The Morgan fingerprint density at radius 1 is 1.38 bits per heavy atom. The van der Waals surface area contributed by atoms with Crippen molar-refractivity contribution >= 4 is 0 Å². The van der Waals surface area contributed by atoms with Gasteiger partial charge in [-0.1, -0.05) is 18.2 Å². The Bertz CT molecular complexity index is 521. The van der Waals surface area contributed by atoms with Crippen LogP contribution >= 0.6 is 0 Å². The molecule has 0 saturated carbocycles.